The van der Waals surface area contributed by atoms with Gasteiger partial charge in [0.2, 0.25) is 0 Å². The fraction of sp³-hybridized carbons (Fsp3) is 0.600. The Hall–Kier alpha value is -1.40. The van der Waals surface area contributed by atoms with E-state index < -0.39 is 5.41 Å². The summed E-state index contributed by atoms with van der Waals surface area (Å²) in [5.41, 5.74) is 0.361. The summed E-state index contributed by atoms with van der Waals surface area (Å²) in [6.07, 6.45) is 9.08. The van der Waals surface area contributed by atoms with E-state index in [0.717, 1.165) is 31.6 Å². The largest absolute Gasteiger partial charge is 0.317 e. The van der Waals surface area contributed by atoms with Crippen LogP contribution in [-0.2, 0) is 0 Å². The molecule has 0 aliphatic heterocycles. The number of nitrogens with zero attached hydrogens (tertiary/aromatic N) is 2. The third kappa shape index (κ3) is 4.85. The normalized spacial score (nSPS) is 16.1. The highest BCUT2D eigenvalue weighted by Gasteiger charge is 2.32. The summed E-state index contributed by atoms with van der Waals surface area (Å²) in [5, 5.41) is 12.8. The summed E-state index contributed by atoms with van der Waals surface area (Å²) in [5.74, 6) is 0. The molecule has 0 radical (unpaired) electrons. The number of hydrogen-bond acceptors (Lipinski definition) is 3. The van der Waals surface area contributed by atoms with Gasteiger partial charge >= 0.3 is 0 Å². The second-order valence-corrected chi connectivity index (χ2v) is 4.15. The van der Waals surface area contributed by atoms with Crippen LogP contribution >= 0.6 is 0 Å². The minimum atomic E-state index is -0.492. The van der Waals surface area contributed by atoms with Crippen molar-refractivity contribution in [1.29, 1.82) is 5.26 Å². The van der Waals surface area contributed by atoms with Crippen LogP contribution in [0.15, 0.2) is 29.4 Å². The van der Waals surface area contributed by atoms with E-state index >= 15 is 0 Å². The quantitative estimate of drug-likeness (QED) is 0.527. The van der Waals surface area contributed by atoms with Gasteiger partial charge in [0.15, 0.2) is 0 Å². The van der Waals surface area contributed by atoms with Gasteiger partial charge < -0.3 is 5.32 Å². The molecule has 0 saturated heterocycles. The Balaban J connectivity index is 5.18. The van der Waals surface area contributed by atoms with E-state index in [0.29, 0.717) is 0 Å². The molecule has 0 aromatic rings. The molecular weight excluding hydrogens is 222 g/mol. The molecule has 0 bridgehead atoms. The van der Waals surface area contributed by atoms with Crippen LogP contribution in [0.3, 0.4) is 0 Å². The Labute approximate surface area is 111 Å². The first kappa shape index (κ1) is 16.6. The predicted octanol–water partition coefficient (Wildman–Crippen LogP) is 3.46. The summed E-state index contributed by atoms with van der Waals surface area (Å²) >= 11 is 0. The van der Waals surface area contributed by atoms with Crippen LogP contribution < -0.4 is 5.32 Å². The van der Waals surface area contributed by atoms with Crippen molar-refractivity contribution in [2.75, 3.05) is 13.1 Å². The van der Waals surface area contributed by atoms with Crippen molar-refractivity contribution in [3.63, 3.8) is 0 Å². The fourth-order valence-corrected chi connectivity index (χ4v) is 1.80. The van der Waals surface area contributed by atoms with E-state index in [1.165, 1.54) is 0 Å². The van der Waals surface area contributed by atoms with E-state index in [-0.39, 0.29) is 0 Å². The summed E-state index contributed by atoms with van der Waals surface area (Å²) in [6.45, 7) is 9.76. The van der Waals surface area contributed by atoms with Crippen LogP contribution in [0.2, 0.25) is 0 Å². The highest BCUT2D eigenvalue weighted by Crippen LogP contribution is 2.28. The minimum Gasteiger partial charge on any atom is -0.317 e. The topological polar surface area (TPSA) is 48.2 Å². The van der Waals surface area contributed by atoms with Crippen molar-refractivity contribution in [1.82, 2.24) is 5.32 Å². The molecule has 0 spiro atoms. The second-order valence-electron chi connectivity index (χ2n) is 4.15. The Morgan fingerprint density at radius 3 is 2.50 bits per heavy atom. The molecule has 3 heteroatoms. The van der Waals surface area contributed by atoms with E-state index in [4.69, 9.17) is 0 Å². The van der Waals surface area contributed by atoms with Crippen molar-refractivity contribution < 1.29 is 0 Å². The molecule has 0 amide bonds. The summed E-state index contributed by atoms with van der Waals surface area (Å²) in [7, 11) is 0. The zero-order valence-electron chi connectivity index (χ0n) is 12.0. The van der Waals surface area contributed by atoms with Crippen LogP contribution in [0, 0.1) is 16.7 Å². The van der Waals surface area contributed by atoms with Gasteiger partial charge in [0.1, 0.15) is 5.41 Å². The smallest absolute Gasteiger partial charge is 0.100 e. The Morgan fingerprint density at radius 1 is 1.33 bits per heavy atom. The lowest BCUT2D eigenvalue weighted by Crippen LogP contribution is -2.32. The van der Waals surface area contributed by atoms with Crippen LogP contribution in [0.25, 0.3) is 0 Å². The van der Waals surface area contributed by atoms with Crippen molar-refractivity contribution in [2.45, 2.75) is 40.5 Å². The van der Waals surface area contributed by atoms with Crippen molar-refractivity contribution in [3.05, 3.63) is 24.4 Å². The monoisotopic (exact) mass is 247 g/mol. The van der Waals surface area contributed by atoms with Gasteiger partial charge in [-0.25, -0.2) is 0 Å². The molecular formula is C15H25N3. The lowest BCUT2D eigenvalue weighted by molar-refractivity contribution is 0.465. The first-order valence-corrected chi connectivity index (χ1v) is 6.64. The predicted molar refractivity (Wildman–Crippen MR) is 78.6 cm³/mol. The maximum Gasteiger partial charge on any atom is 0.100 e. The molecule has 0 saturated carbocycles. The standard InChI is InChI=1S/C15H25N3/c1-5-9-14(18-11-6-2)15(7-3,13-16)10-12-17-8-4/h5-6,9,11,17H,7-8,10,12H2,1-4H3/b9-5-,11-6-,18-14+. The van der Waals surface area contributed by atoms with Crippen LogP contribution in [-0.4, -0.2) is 18.8 Å². The van der Waals surface area contributed by atoms with Gasteiger partial charge in [-0.1, -0.05) is 26.0 Å². The molecule has 0 aromatic heterocycles. The lowest BCUT2D eigenvalue weighted by atomic mass is 9.78. The number of nitrogens with one attached hydrogen (secondary N) is 1. The Morgan fingerprint density at radius 2 is 2.06 bits per heavy atom. The first-order valence-electron chi connectivity index (χ1n) is 6.64. The highest BCUT2D eigenvalue weighted by atomic mass is 14.8. The molecule has 0 aliphatic carbocycles. The molecule has 18 heavy (non-hydrogen) atoms. The van der Waals surface area contributed by atoms with Crippen LogP contribution in [0.1, 0.15) is 40.5 Å². The average molecular weight is 247 g/mol. The second kappa shape index (κ2) is 9.61. The van der Waals surface area contributed by atoms with Gasteiger partial charge in [0.05, 0.1) is 11.8 Å². The van der Waals surface area contributed by atoms with Gasteiger partial charge in [0, 0.05) is 6.20 Å². The third-order valence-corrected chi connectivity index (χ3v) is 2.97. The van der Waals surface area contributed by atoms with Gasteiger partial charge in [-0.15, -0.1) is 0 Å². The Kier molecular flexibility index (Phi) is 8.86. The Bertz CT molecular complexity index is 347. The molecule has 0 heterocycles. The number of nitriles is 1. The van der Waals surface area contributed by atoms with Gasteiger partial charge in [-0.2, -0.15) is 5.26 Å². The van der Waals surface area contributed by atoms with Crippen LogP contribution in [0.4, 0.5) is 0 Å². The average Bonchev–Trinajstić information content (AvgIpc) is 2.40. The van der Waals surface area contributed by atoms with Gasteiger partial charge in [-0.05, 0) is 45.9 Å². The number of aliphatic imine (C=N–C) groups is 1. The number of allylic oxidation sites excluding steroid dienone is 3. The van der Waals surface area contributed by atoms with Crippen molar-refractivity contribution in [3.8, 4) is 6.07 Å². The lowest BCUT2D eigenvalue weighted by Gasteiger charge is -2.25. The zero-order valence-corrected chi connectivity index (χ0v) is 12.0. The van der Waals surface area contributed by atoms with Crippen molar-refractivity contribution >= 4 is 5.71 Å². The molecule has 1 unspecified atom stereocenters. The molecule has 0 fully saturated rings. The molecule has 100 valence electrons. The summed E-state index contributed by atoms with van der Waals surface area (Å²) in [4.78, 5) is 4.42. The fourth-order valence-electron chi connectivity index (χ4n) is 1.80. The van der Waals surface area contributed by atoms with Gasteiger partial charge in [-0.3, -0.25) is 4.99 Å². The van der Waals surface area contributed by atoms with E-state index in [2.05, 4.69) is 23.3 Å². The SMILES string of the molecule is C\C=C/N=C(\C=C/C)C(C#N)(CC)CCNCC. The minimum absolute atomic E-state index is 0.492. The molecule has 3 nitrogen and oxygen atoms in total. The number of rotatable bonds is 8. The molecule has 0 rings (SSSR count). The third-order valence-electron chi connectivity index (χ3n) is 2.97. The molecule has 1 atom stereocenters. The van der Waals surface area contributed by atoms with E-state index in [9.17, 15) is 5.26 Å². The van der Waals surface area contributed by atoms with E-state index in [1.54, 1.807) is 6.20 Å². The number of hydrogen-bond donors (Lipinski definition) is 1. The van der Waals surface area contributed by atoms with E-state index in [1.807, 2.05) is 39.0 Å². The van der Waals surface area contributed by atoms with Crippen molar-refractivity contribution in [2.24, 2.45) is 10.4 Å². The maximum atomic E-state index is 9.56. The zero-order chi connectivity index (χ0) is 13.9. The molecule has 0 aliphatic rings. The first-order chi connectivity index (χ1) is 8.70. The molecule has 1 N–H and O–H groups in total. The van der Waals surface area contributed by atoms with Crippen LogP contribution in [0.5, 0.6) is 0 Å². The molecule has 0 aromatic carbocycles. The summed E-state index contributed by atoms with van der Waals surface area (Å²) < 4.78 is 0. The maximum absolute atomic E-state index is 9.56. The summed E-state index contributed by atoms with van der Waals surface area (Å²) in [6, 6.07) is 2.46. The van der Waals surface area contributed by atoms with Gasteiger partial charge in [0.25, 0.3) is 0 Å². The highest BCUT2D eigenvalue weighted by molar-refractivity contribution is 6.01.